The van der Waals surface area contributed by atoms with Gasteiger partial charge in [0, 0.05) is 6.07 Å². The predicted octanol–water partition coefficient (Wildman–Crippen LogP) is 1.96. The number of alkyl halides is 1. The number of nitrogens with zero attached hydrogens (tertiary/aromatic N) is 2. The van der Waals surface area contributed by atoms with Crippen LogP contribution in [-0.4, -0.2) is 15.5 Å². The number of imidazole rings is 1. The van der Waals surface area contributed by atoms with Gasteiger partial charge in [0.25, 0.3) is 0 Å². The summed E-state index contributed by atoms with van der Waals surface area (Å²) in [4.78, 5) is 15.4. The highest BCUT2D eigenvalue weighted by Gasteiger charge is 2.19. The largest absolute Gasteiger partial charge is 0.368 e. The topological polar surface area (TPSA) is 60.9 Å². The van der Waals surface area contributed by atoms with Crippen molar-refractivity contribution < 1.29 is 9.18 Å². The van der Waals surface area contributed by atoms with Crippen LogP contribution in [0.1, 0.15) is 18.8 Å². The Morgan fingerprint density at radius 1 is 1.65 bits per heavy atom. The van der Waals surface area contributed by atoms with E-state index in [4.69, 9.17) is 17.3 Å². The molecule has 1 unspecified atom stereocenters. The number of carbonyl (C=O) groups is 1. The van der Waals surface area contributed by atoms with Crippen molar-refractivity contribution in [3.05, 3.63) is 29.8 Å². The van der Waals surface area contributed by atoms with Crippen molar-refractivity contribution in [3.63, 3.8) is 0 Å². The average Bonchev–Trinajstić information content (AvgIpc) is 2.65. The Balaban J connectivity index is 2.70. The zero-order chi connectivity index (χ0) is 12.6. The highest BCUT2D eigenvalue weighted by atomic mass is 35.5. The maximum atomic E-state index is 13.1. The van der Waals surface area contributed by atoms with Crippen molar-refractivity contribution in [2.24, 2.45) is 5.73 Å². The standard InChI is InChI=1S/C11H11ClFN3O/c1-6(11(14)17)16-9-3-2-7(13)4-8(9)15-10(16)5-12/h2-4,6H,5H2,1H3,(H2,14,17). The van der Waals surface area contributed by atoms with Gasteiger partial charge in [-0.25, -0.2) is 9.37 Å². The molecule has 1 amide bonds. The lowest BCUT2D eigenvalue weighted by atomic mass is 10.2. The third kappa shape index (κ3) is 1.98. The van der Waals surface area contributed by atoms with Crippen LogP contribution in [0, 0.1) is 5.82 Å². The third-order valence-corrected chi connectivity index (χ3v) is 2.88. The molecule has 1 heterocycles. The molecule has 0 bridgehead atoms. The molecule has 0 saturated heterocycles. The molecule has 6 heteroatoms. The smallest absolute Gasteiger partial charge is 0.240 e. The molecule has 0 spiro atoms. The lowest BCUT2D eigenvalue weighted by molar-refractivity contribution is -0.120. The number of amides is 1. The van der Waals surface area contributed by atoms with Gasteiger partial charge in [-0.15, -0.1) is 11.6 Å². The van der Waals surface area contributed by atoms with Gasteiger partial charge in [0.2, 0.25) is 5.91 Å². The number of benzene rings is 1. The fraction of sp³-hybridized carbons (Fsp3) is 0.273. The number of halogens is 2. The SMILES string of the molecule is CC(C(N)=O)n1c(CCl)nc2cc(F)ccc21. The van der Waals surface area contributed by atoms with Gasteiger partial charge in [0.15, 0.2) is 0 Å². The minimum Gasteiger partial charge on any atom is -0.368 e. The first-order valence-electron chi connectivity index (χ1n) is 5.06. The van der Waals surface area contributed by atoms with E-state index in [1.807, 2.05) is 0 Å². The monoisotopic (exact) mass is 255 g/mol. The molecule has 1 aromatic carbocycles. The molecule has 2 aromatic rings. The predicted molar refractivity (Wildman–Crippen MR) is 63.2 cm³/mol. The molecule has 90 valence electrons. The highest BCUT2D eigenvalue weighted by molar-refractivity contribution is 6.16. The van der Waals surface area contributed by atoms with Crippen LogP contribution >= 0.6 is 11.6 Å². The van der Waals surface area contributed by atoms with Crippen LogP contribution in [0.15, 0.2) is 18.2 Å². The number of hydrogen-bond acceptors (Lipinski definition) is 2. The van der Waals surface area contributed by atoms with Crippen LogP contribution < -0.4 is 5.73 Å². The fourth-order valence-corrected chi connectivity index (χ4v) is 1.96. The number of hydrogen-bond donors (Lipinski definition) is 1. The minimum atomic E-state index is -0.570. The maximum Gasteiger partial charge on any atom is 0.240 e. The Hall–Kier alpha value is -1.62. The van der Waals surface area contributed by atoms with Crippen molar-refractivity contribution in [2.45, 2.75) is 18.8 Å². The summed E-state index contributed by atoms with van der Waals surface area (Å²) >= 11 is 5.76. The fourth-order valence-electron chi connectivity index (χ4n) is 1.78. The second-order valence-corrected chi connectivity index (χ2v) is 4.01. The molecule has 0 radical (unpaired) electrons. The van der Waals surface area contributed by atoms with Crippen molar-refractivity contribution in [1.82, 2.24) is 9.55 Å². The van der Waals surface area contributed by atoms with Crippen LogP contribution in [0.4, 0.5) is 4.39 Å². The summed E-state index contributed by atoms with van der Waals surface area (Å²) in [6.07, 6.45) is 0. The van der Waals surface area contributed by atoms with Gasteiger partial charge in [0.05, 0.1) is 16.9 Å². The first-order chi connectivity index (χ1) is 8.04. The van der Waals surface area contributed by atoms with Gasteiger partial charge >= 0.3 is 0 Å². The molecule has 1 atom stereocenters. The number of carbonyl (C=O) groups excluding carboxylic acids is 1. The van der Waals surface area contributed by atoms with Crippen molar-refractivity contribution in [3.8, 4) is 0 Å². The van der Waals surface area contributed by atoms with Crippen LogP contribution in [0.25, 0.3) is 11.0 Å². The summed E-state index contributed by atoms with van der Waals surface area (Å²) < 4.78 is 14.7. The first-order valence-corrected chi connectivity index (χ1v) is 5.59. The molecule has 0 aliphatic rings. The van der Waals surface area contributed by atoms with Gasteiger partial charge in [-0.3, -0.25) is 4.79 Å². The summed E-state index contributed by atoms with van der Waals surface area (Å²) in [5, 5.41) is 0. The summed E-state index contributed by atoms with van der Waals surface area (Å²) in [5.74, 6) is -0.234. The number of primary amides is 1. The Kier molecular flexibility index (Phi) is 3.02. The average molecular weight is 256 g/mol. The van der Waals surface area contributed by atoms with E-state index in [1.54, 1.807) is 17.6 Å². The van der Waals surface area contributed by atoms with Crippen molar-refractivity contribution in [1.29, 1.82) is 0 Å². The zero-order valence-corrected chi connectivity index (χ0v) is 9.91. The molecule has 4 nitrogen and oxygen atoms in total. The van der Waals surface area contributed by atoms with Crippen LogP contribution in [0.5, 0.6) is 0 Å². The van der Waals surface area contributed by atoms with Gasteiger partial charge in [-0.2, -0.15) is 0 Å². The Morgan fingerprint density at radius 2 is 2.35 bits per heavy atom. The molecule has 1 aromatic heterocycles. The van der Waals surface area contributed by atoms with E-state index in [0.29, 0.717) is 16.9 Å². The maximum absolute atomic E-state index is 13.1. The van der Waals surface area contributed by atoms with Gasteiger partial charge in [-0.05, 0) is 19.1 Å². The molecule has 17 heavy (non-hydrogen) atoms. The summed E-state index contributed by atoms with van der Waals surface area (Å²) in [6.45, 7) is 1.66. The van der Waals surface area contributed by atoms with E-state index in [9.17, 15) is 9.18 Å². The van der Waals surface area contributed by atoms with Gasteiger partial charge < -0.3 is 10.3 Å². The molecular weight excluding hydrogens is 245 g/mol. The summed E-state index contributed by atoms with van der Waals surface area (Å²) in [6, 6.07) is 3.61. The molecule has 2 N–H and O–H groups in total. The van der Waals surface area contributed by atoms with E-state index >= 15 is 0 Å². The number of aromatic nitrogens is 2. The van der Waals surface area contributed by atoms with E-state index in [0.717, 1.165) is 0 Å². The van der Waals surface area contributed by atoms with E-state index in [2.05, 4.69) is 4.98 Å². The van der Waals surface area contributed by atoms with E-state index in [1.165, 1.54) is 12.1 Å². The second kappa shape index (κ2) is 4.33. The lowest BCUT2D eigenvalue weighted by Crippen LogP contribution is -2.25. The van der Waals surface area contributed by atoms with E-state index in [-0.39, 0.29) is 11.7 Å². The van der Waals surface area contributed by atoms with Crippen LogP contribution in [-0.2, 0) is 10.7 Å². The van der Waals surface area contributed by atoms with Gasteiger partial charge in [-0.1, -0.05) is 0 Å². The quantitative estimate of drug-likeness (QED) is 0.853. The third-order valence-electron chi connectivity index (χ3n) is 2.64. The minimum absolute atomic E-state index is 0.133. The van der Waals surface area contributed by atoms with Crippen LogP contribution in [0.3, 0.4) is 0 Å². The first kappa shape index (κ1) is 11.9. The van der Waals surface area contributed by atoms with Crippen LogP contribution in [0.2, 0.25) is 0 Å². The summed E-state index contributed by atoms with van der Waals surface area (Å²) in [7, 11) is 0. The zero-order valence-electron chi connectivity index (χ0n) is 9.15. The Morgan fingerprint density at radius 3 is 2.94 bits per heavy atom. The Labute approximate surface area is 102 Å². The van der Waals surface area contributed by atoms with Gasteiger partial charge in [0.1, 0.15) is 17.7 Å². The van der Waals surface area contributed by atoms with E-state index < -0.39 is 11.9 Å². The summed E-state index contributed by atoms with van der Waals surface area (Å²) in [5.41, 5.74) is 6.38. The number of nitrogens with two attached hydrogens (primary N) is 1. The van der Waals surface area contributed by atoms with Crippen molar-refractivity contribution >= 4 is 28.5 Å². The Bertz CT molecular complexity index is 581. The molecule has 0 aliphatic carbocycles. The number of fused-ring (bicyclic) bond motifs is 1. The molecule has 0 fully saturated rings. The number of rotatable bonds is 3. The molecule has 2 rings (SSSR count). The van der Waals surface area contributed by atoms with Crippen molar-refractivity contribution in [2.75, 3.05) is 0 Å². The molecule has 0 saturated carbocycles. The molecular formula is C11H11ClFN3O. The highest BCUT2D eigenvalue weighted by Crippen LogP contribution is 2.23. The normalized spacial score (nSPS) is 12.9. The second-order valence-electron chi connectivity index (χ2n) is 3.74. The lowest BCUT2D eigenvalue weighted by Gasteiger charge is -2.13. The molecule has 0 aliphatic heterocycles.